The highest BCUT2D eigenvalue weighted by Crippen LogP contribution is 2.17. The molecule has 0 saturated heterocycles. The topological polar surface area (TPSA) is 43.4 Å². The van der Waals surface area contributed by atoms with Crippen molar-refractivity contribution in [2.24, 2.45) is 0 Å². The summed E-state index contributed by atoms with van der Waals surface area (Å²) < 4.78 is 5.05. The molecule has 0 amide bonds. The van der Waals surface area contributed by atoms with Crippen LogP contribution in [0.2, 0.25) is 0 Å². The fourth-order valence-electron chi connectivity index (χ4n) is 2.13. The second-order valence-corrected chi connectivity index (χ2v) is 5.06. The van der Waals surface area contributed by atoms with Crippen molar-refractivity contribution in [3.05, 3.63) is 48.0 Å². The second-order valence-electron chi connectivity index (χ2n) is 5.06. The highest BCUT2D eigenvalue weighted by molar-refractivity contribution is 6.00. The minimum absolute atomic E-state index is 0.0202. The third-order valence-electron chi connectivity index (χ3n) is 3.39. The van der Waals surface area contributed by atoms with Crippen molar-refractivity contribution in [1.29, 1.82) is 0 Å². The Morgan fingerprint density at radius 3 is 2.52 bits per heavy atom. The maximum Gasteiger partial charge on any atom is 0.306 e. The van der Waals surface area contributed by atoms with Crippen LogP contribution in [0.4, 0.5) is 0 Å². The van der Waals surface area contributed by atoms with E-state index in [1.807, 2.05) is 49.4 Å². The average Bonchev–Trinajstić information content (AvgIpc) is 2.52. The Morgan fingerprint density at radius 1 is 1.00 bits per heavy atom. The first kappa shape index (κ1) is 15.2. The van der Waals surface area contributed by atoms with Gasteiger partial charge >= 0.3 is 5.97 Å². The molecule has 0 unspecified atom stereocenters. The minimum Gasteiger partial charge on any atom is -0.466 e. The fraction of sp³-hybridized carbons (Fsp3) is 0.333. The molecule has 0 heterocycles. The maximum absolute atomic E-state index is 12.1. The molecule has 0 atom stereocenters. The molecule has 0 spiro atoms. The molecule has 3 heteroatoms. The third kappa shape index (κ3) is 4.42. The Balaban J connectivity index is 1.91. The molecule has 0 radical (unpaired) electrons. The van der Waals surface area contributed by atoms with Gasteiger partial charge in [-0.25, -0.2) is 0 Å². The fourth-order valence-corrected chi connectivity index (χ4v) is 2.13. The summed E-state index contributed by atoms with van der Waals surface area (Å²) in [4.78, 5) is 23.6. The largest absolute Gasteiger partial charge is 0.466 e. The van der Waals surface area contributed by atoms with E-state index in [9.17, 15) is 9.59 Å². The van der Waals surface area contributed by atoms with Gasteiger partial charge in [-0.15, -0.1) is 0 Å². The zero-order chi connectivity index (χ0) is 15.1. The number of benzene rings is 2. The molecule has 0 aliphatic rings. The van der Waals surface area contributed by atoms with Crippen LogP contribution in [0, 0.1) is 0 Å². The van der Waals surface area contributed by atoms with Crippen LogP contribution in [0.25, 0.3) is 10.8 Å². The zero-order valence-corrected chi connectivity index (χ0v) is 12.3. The SMILES string of the molecule is CCCCOC(=O)CCC(=O)c1ccc2ccccc2c1. The van der Waals surface area contributed by atoms with Crippen LogP contribution in [-0.4, -0.2) is 18.4 Å². The van der Waals surface area contributed by atoms with Gasteiger partial charge < -0.3 is 4.74 Å². The number of unbranched alkanes of at least 4 members (excludes halogenated alkanes) is 1. The number of fused-ring (bicyclic) bond motifs is 1. The first-order chi connectivity index (χ1) is 10.2. The molecule has 0 aliphatic carbocycles. The van der Waals surface area contributed by atoms with Crippen LogP contribution in [0.1, 0.15) is 43.0 Å². The van der Waals surface area contributed by atoms with Gasteiger partial charge in [0.2, 0.25) is 0 Å². The molecule has 0 N–H and O–H groups in total. The third-order valence-corrected chi connectivity index (χ3v) is 3.39. The quantitative estimate of drug-likeness (QED) is 0.436. The Bertz CT molecular complexity index is 631. The van der Waals surface area contributed by atoms with E-state index >= 15 is 0 Å². The van der Waals surface area contributed by atoms with Crippen molar-refractivity contribution in [3.63, 3.8) is 0 Å². The van der Waals surface area contributed by atoms with Crippen LogP contribution in [0.5, 0.6) is 0 Å². The predicted octanol–water partition coefficient (Wildman–Crippen LogP) is 4.15. The van der Waals surface area contributed by atoms with E-state index in [2.05, 4.69) is 0 Å². The predicted molar refractivity (Wildman–Crippen MR) is 83.4 cm³/mol. The Hall–Kier alpha value is -2.16. The van der Waals surface area contributed by atoms with Crippen molar-refractivity contribution in [1.82, 2.24) is 0 Å². The molecule has 2 rings (SSSR count). The van der Waals surface area contributed by atoms with E-state index in [4.69, 9.17) is 4.74 Å². The number of ketones is 1. The van der Waals surface area contributed by atoms with Gasteiger partial charge in [0.15, 0.2) is 5.78 Å². The lowest BCUT2D eigenvalue weighted by Gasteiger charge is -2.05. The average molecular weight is 284 g/mol. The summed E-state index contributed by atoms with van der Waals surface area (Å²) in [5, 5.41) is 2.14. The molecule has 2 aromatic carbocycles. The Labute approximate surface area is 124 Å². The van der Waals surface area contributed by atoms with Gasteiger partial charge in [0.25, 0.3) is 0 Å². The molecular formula is C18H20O3. The smallest absolute Gasteiger partial charge is 0.306 e. The highest BCUT2D eigenvalue weighted by atomic mass is 16.5. The summed E-state index contributed by atoms with van der Waals surface area (Å²) in [6.07, 6.45) is 2.20. The van der Waals surface area contributed by atoms with Crippen LogP contribution >= 0.6 is 0 Å². The monoisotopic (exact) mass is 284 g/mol. The molecule has 110 valence electrons. The van der Waals surface area contributed by atoms with E-state index in [0.29, 0.717) is 12.2 Å². The lowest BCUT2D eigenvalue weighted by molar-refractivity contribution is -0.143. The number of esters is 1. The number of hydrogen-bond donors (Lipinski definition) is 0. The number of rotatable bonds is 7. The number of ether oxygens (including phenoxy) is 1. The van der Waals surface area contributed by atoms with Gasteiger partial charge in [-0.1, -0.05) is 49.7 Å². The first-order valence-corrected chi connectivity index (χ1v) is 7.38. The molecule has 21 heavy (non-hydrogen) atoms. The van der Waals surface area contributed by atoms with E-state index in [1.54, 1.807) is 0 Å². The van der Waals surface area contributed by atoms with Gasteiger partial charge in [-0.05, 0) is 23.3 Å². The van der Waals surface area contributed by atoms with Gasteiger partial charge in [-0.2, -0.15) is 0 Å². The molecule has 0 fully saturated rings. The number of hydrogen-bond acceptors (Lipinski definition) is 3. The van der Waals surface area contributed by atoms with Crippen molar-refractivity contribution in [3.8, 4) is 0 Å². The maximum atomic E-state index is 12.1. The molecule has 0 aliphatic heterocycles. The standard InChI is InChI=1S/C18H20O3/c1-2-3-12-21-18(20)11-10-17(19)16-9-8-14-6-4-5-7-15(14)13-16/h4-9,13H,2-3,10-12H2,1H3. The van der Waals surface area contributed by atoms with Gasteiger partial charge in [0, 0.05) is 12.0 Å². The van der Waals surface area contributed by atoms with Crippen molar-refractivity contribution >= 4 is 22.5 Å². The van der Waals surface area contributed by atoms with E-state index in [1.165, 1.54) is 0 Å². The van der Waals surface area contributed by atoms with Crippen molar-refractivity contribution in [2.45, 2.75) is 32.6 Å². The van der Waals surface area contributed by atoms with Gasteiger partial charge in [0.1, 0.15) is 0 Å². The van der Waals surface area contributed by atoms with E-state index < -0.39 is 0 Å². The van der Waals surface area contributed by atoms with E-state index in [-0.39, 0.29) is 24.6 Å². The number of carbonyl (C=O) groups is 2. The minimum atomic E-state index is -0.294. The summed E-state index contributed by atoms with van der Waals surface area (Å²) >= 11 is 0. The summed E-state index contributed by atoms with van der Waals surface area (Å²) in [5.74, 6) is -0.314. The van der Waals surface area contributed by atoms with E-state index in [0.717, 1.165) is 23.6 Å². The normalized spacial score (nSPS) is 10.5. The molecule has 0 saturated carbocycles. The number of Topliss-reactive ketones (excluding diaryl/α,β-unsaturated/α-hetero) is 1. The second kappa shape index (κ2) is 7.58. The summed E-state index contributed by atoms with van der Waals surface area (Å²) in [6, 6.07) is 13.5. The Kier molecular flexibility index (Phi) is 5.50. The van der Waals surface area contributed by atoms with Crippen molar-refractivity contribution in [2.75, 3.05) is 6.61 Å². The molecular weight excluding hydrogens is 264 g/mol. The summed E-state index contributed by atoms with van der Waals surface area (Å²) in [6.45, 7) is 2.48. The summed E-state index contributed by atoms with van der Waals surface area (Å²) in [7, 11) is 0. The molecule has 2 aromatic rings. The first-order valence-electron chi connectivity index (χ1n) is 7.38. The molecule has 3 nitrogen and oxygen atoms in total. The van der Waals surface area contributed by atoms with Crippen LogP contribution in [-0.2, 0) is 9.53 Å². The van der Waals surface area contributed by atoms with Crippen LogP contribution in [0.15, 0.2) is 42.5 Å². The zero-order valence-electron chi connectivity index (χ0n) is 12.3. The lowest BCUT2D eigenvalue weighted by atomic mass is 10.0. The van der Waals surface area contributed by atoms with Gasteiger partial charge in [-0.3, -0.25) is 9.59 Å². The Morgan fingerprint density at radius 2 is 1.76 bits per heavy atom. The summed E-state index contributed by atoms with van der Waals surface area (Å²) in [5.41, 5.74) is 0.648. The molecule has 0 aromatic heterocycles. The lowest BCUT2D eigenvalue weighted by Crippen LogP contribution is -2.09. The van der Waals surface area contributed by atoms with Crippen LogP contribution < -0.4 is 0 Å². The highest BCUT2D eigenvalue weighted by Gasteiger charge is 2.10. The molecule has 0 bridgehead atoms. The number of carbonyl (C=O) groups excluding carboxylic acids is 2. The van der Waals surface area contributed by atoms with Gasteiger partial charge in [0.05, 0.1) is 13.0 Å². The van der Waals surface area contributed by atoms with Crippen LogP contribution in [0.3, 0.4) is 0 Å². The van der Waals surface area contributed by atoms with Crippen molar-refractivity contribution < 1.29 is 14.3 Å².